The summed E-state index contributed by atoms with van der Waals surface area (Å²) < 4.78 is 41.3. The monoisotopic (exact) mass is 481 g/mol. The van der Waals surface area contributed by atoms with Gasteiger partial charge in [-0.2, -0.15) is 0 Å². The first kappa shape index (κ1) is 24.2. The van der Waals surface area contributed by atoms with Gasteiger partial charge in [0.15, 0.2) is 11.6 Å². The molecule has 0 aliphatic carbocycles. The fourth-order valence-electron chi connectivity index (χ4n) is 4.54. The molecule has 0 saturated heterocycles. The van der Waals surface area contributed by atoms with Crippen molar-refractivity contribution in [2.45, 2.75) is 19.3 Å². The first-order valence-corrected chi connectivity index (χ1v) is 10.8. The largest absolute Gasteiger partial charge is 0.507 e. The van der Waals surface area contributed by atoms with E-state index in [0.717, 1.165) is 0 Å². The van der Waals surface area contributed by atoms with Gasteiger partial charge in [-0.05, 0) is 48.0 Å². The van der Waals surface area contributed by atoms with E-state index in [2.05, 4.69) is 0 Å². The Balaban J connectivity index is 2.19. The maximum absolute atomic E-state index is 14.5. The zero-order valence-corrected chi connectivity index (χ0v) is 19.7. The van der Waals surface area contributed by atoms with Crippen LogP contribution < -0.4 is 4.74 Å². The lowest BCUT2D eigenvalue weighted by Gasteiger charge is -2.28. The molecule has 0 saturated carbocycles. The van der Waals surface area contributed by atoms with Crippen LogP contribution in [0.4, 0.5) is 8.78 Å². The summed E-state index contributed by atoms with van der Waals surface area (Å²) in [6.07, 6.45) is 0. The number of ether oxygens (including phenoxy) is 2. The number of aromatic carboxylic acids is 1. The summed E-state index contributed by atoms with van der Waals surface area (Å²) in [4.78, 5) is 11.7. The number of carbonyl (C=O) groups is 1. The van der Waals surface area contributed by atoms with E-state index in [0.29, 0.717) is 33.4 Å². The molecular formula is C27H25F2NO5. The number of aromatic nitrogens is 1. The molecule has 0 unspecified atom stereocenters. The van der Waals surface area contributed by atoms with Gasteiger partial charge in [0.25, 0.3) is 0 Å². The van der Waals surface area contributed by atoms with E-state index in [1.807, 2.05) is 18.4 Å². The molecule has 3 aromatic carbocycles. The number of aromatic hydroxyl groups is 1. The molecule has 0 bridgehead atoms. The van der Waals surface area contributed by atoms with E-state index in [4.69, 9.17) is 9.47 Å². The number of hydrogen-bond acceptors (Lipinski definition) is 4. The number of rotatable bonds is 7. The van der Waals surface area contributed by atoms with Gasteiger partial charge in [-0.1, -0.05) is 19.9 Å². The maximum atomic E-state index is 14.5. The zero-order valence-electron chi connectivity index (χ0n) is 19.7. The minimum absolute atomic E-state index is 0.0237. The van der Waals surface area contributed by atoms with Gasteiger partial charge < -0.3 is 24.3 Å². The normalized spacial score (nSPS) is 11.7. The van der Waals surface area contributed by atoms with E-state index in [1.165, 1.54) is 43.5 Å². The number of halogens is 2. The number of carboxylic acid groups (broad SMARTS) is 1. The maximum Gasteiger partial charge on any atom is 0.339 e. The van der Waals surface area contributed by atoms with Gasteiger partial charge >= 0.3 is 5.97 Å². The Morgan fingerprint density at radius 2 is 1.77 bits per heavy atom. The van der Waals surface area contributed by atoms with E-state index < -0.39 is 23.0 Å². The molecule has 2 N–H and O–H groups in total. The highest BCUT2D eigenvalue weighted by atomic mass is 19.1. The molecule has 0 aliphatic heterocycles. The van der Waals surface area contributed by atoms with Crippen molar-refractivity contribution in [3.63, 3.8) is 0 Å². The van der Waals surface area contributed by atoms with E-state index in [9.17, 15) is 23.8 Å². The van der Waals surface area contributed by atoms with Crippen LogP contribution in [0.1, 0.15) is 29.9 Å². The number of hydrogen-bond donors (Lipinski definition) is 2. The van der Waals surface area contributed by atoms with Crippen LogP contribution in [0.2, 0.25) is 0 Å². The average Bonchev–Trinajstić information content (AvgIpc) is 3.14. The molecule has 6 nitrogen and oxygen atoms in total. The summed E-state index contributed by atoms with van der Waals surface area (Å²) in [7, 11) is 2.93. The molecule has 0 radical (unpaired) electrons. The van der Waals surface area contributed by atoms with Crippen molar-refractivity contribution in [1.82, 2.24) is 4.57 Å². The van der Waals surface area contributed by atoms with Crippen LogP contribution in [0.25, 0.3) is 27.7 Å². The fourth-order valence-corrected chi connectivity index (χ4v) is 4.54. The second kappa shape index (κ2) is 9.03. The minimum atomic E-state index is -1.28. The van der Waals surface area contributed by atoms with Crippen molar-refractivity contribution in [3.05, 3.63) is 77.5 Å². The summed E-state index contributed by atoms with van der Waals surface area (Å²) in [5.74, 6) is -2.63. The van der Waals surface area contributed by atoms with Crippen LogP contribution in [-0.4, -0.2) is 41.6 Å². The molecule has 0 fully saturated rings. The molecule has 8 heteroatoms. The molecule has 0 atom stereocenters. The van der Waals surface area contributed by atoms with Crippen LogP contribution in [0, 0.1) is 11.6 Å². The van der Waals surface area contributed by atoms with Crippen molar-refractivity contribution in [2.24, 2.45) is 0 Å². The van der Waals surface area contributed by atoms with Crippen molar-refractivity contribution in [2.75, 3.05) is 20.8 Å². The smallest absolute Gasteiger partial charge is 0.339 e. The Labute approximate surface area is 201 Å². The molecule has 182 valence electrons. The van der Waals surface area contributed by atoms with Gasteiger partial charge in [0.05, 0.1) is 19.2 Å². The van der Waals surface area contributed by atoms with Gasteiger partial charge in [-0.25, -0.2) is 13.6 Å². The molecular weight excluding hydrogens is 456 g/mol. The van der Waals surface area contributed by atoms with E-state index in [-0.39, 0.29) is 23.7 Å². The van der Waals surface area contributed by atoms with Crippen molar-refractivity contribution in [3.8, 4) is 28.3 Å². The first-order valence-electron chi connectivity index (χ1n) is 10.8. The number of carboxylic acids is 1. The molecule has 0 amide bonds. The fraction of sp³-hybridized carbons (Fsp3) is 0.222. The van der Waals surface area contributed by atoms with Crippen molar-refractivity contribution in [1.29, 1.82) is 0 Å². The third-order valence-corrected chi connectivity index (χ3v) is 5.99. The Morgan fingerprint density at radius 1 is 1.03 bits per heavy atom. The Morgan fingerprint density at radius 3 is 2.43 bits per heavy atom. The quantitative estimate of drug-likeness (QED) is 0.343. The van der Waals surface area contributed by atoms with E-state index >= 15 is 0 Å². The number of benzene rings is 3. The summed E-state index contributed by atoms with van der Waals surface area (Å²) in [5, 5.41) is 20.3. The Hall–Kier alpha value is -3.91. The highest BCUT2D eigenvalue weighted by Crippen LogP contribution is 2.44. The van der Waals surface area contributed by atoms with Crippen LogP contribution in [0.15, 0.2) is 54.6 Å². The first-order chi connectivity index (χ1) is 16.6. The van der Waals surface area contributed by atoms with Gasteiger partial charge in [0.2, 0.25) is 0 Å². The number of methoxy groups -OCH3 is 2. The SMILES string of the molecule is COCC(C)(C)c1c(-c2ccc(O)c(C(=O)O)c2)c2ccc(F)cc2n1-c1ccc(F)c(OC)c1. The Kier molecular flexibility index (Phi) is 6.25. The molecule has 35 heavy (non-hydrogen) atoms. The average molecular weight is 481 g/mol. The third-order valence-electron chi connectivity index (χ3n) is 5.99. The van der Waals surface area contributed by atoms with E-state index in [1.54, 1.807) is 25.3 Å². The molecule has 1 aromatic heterocycles. The summed E-state index contributed by atoms with van der Waals surface area (Å²) in [6, 6.07) is 13.0. The van der Waals surface area contributed by atoms with Gasteiger partial charge in [-0.3, -0.25) is 0 Å². The number of fused-ring (bicyclic) bond motifs is 1. The minimum Gasteiger partial charge on any atom is -0.507 e. The highest BCUT2D eigenvalue weighted by molar-refractivity contribution is 6.01. The van der Waals surface area contributed by atoms with Gasteiger partial charge in [0.1, 0.15) is 17.1 Å². The molecule has 0 aliphatic rings. The van der Waals surface area contributed by atoms with Crippen LogP contribution >= 0.6 is 0 Å². The molecule has 0 spiro atoms. The second-order valence-corrected chi connectivity index (χ2v) is 8.89. The predicted octanol–water partition coefficient (Wildman–Crippen LogP) is 5.91. The third kappa shape index (κ3) is 4.21. The lowest BCUT2D eigenvalue weighted by Crippen LogP contribution is -2.27. The molecule has 1 heterocycles. The lowest BCUT2D eigenvalue weighted by atomic mass is 9.84. The zero-order chi connectivity index (χ0) is 25.5. The van der Waals surface area contributed by atoms with Crippen LogP contribution in [0.5, 0.6) is 11.5 Å². The Bertz CT molecular complexity index is 1440. The lowest BCUT2D eigenvalue weighted by molar-refractivity contribution is 0.0693. The second-order valence-electron chi connectivity index (χ2n) is 8.89. The predicted molar refractivity (Wildman–Crippen MR) is 129 cm³/mol. The number of nitrogens with zero attached hydrogens (tertiary/aromatic N) is 1. The summed E-state index contributed by atoms with van der Waals surface area (Å²) in [6.45, 7) is 4.17. The topological polar surface area (TPSA) is 80.9 Å². The van der Waals surface area contributed by atoms with Crippen molar-refractivity contribution >= 4 is 16.9 Å². The summed E-state index contributed by atoms with van der Waals surface area (Å²) in [5.41, 5.74) is 1.96. The van der Waals surface area contributed by atoms with Crippen LogP contribution in [-0.2, 0) is 10.2 Å². The highest BCUT2D eigenvalue weighted by Gasteiger charge is 2.33. The van der Waals surface area contributed by atoms with Crippen LogP contribution in [0.3, 0.4) is 0 Å². The van der Waals surface area contributed by atoms with Gasteiger partial charge in [0, 0.05) is 40.9 Å². The summed E-state index contributed by atoms with van der Waals surface area (Å²) >= 11 is 0. The molecule has 4 rings (SSSR count). The molecule has 4 aromatic rings. The standard InChI is InChI=1S/C27H25F2NO5/c1-27(2,14-34-3)25-24(15-5-10-22(31)19(11-15)26(32)33)18-8-6-16(28)12-21(18)30(25)17-7-9-20(29)23(13-17)35-4/h5-13,31H,14H2,1-4H3,(H,32,33). The van der Waals surface area contributed by atoms with Gasteiger partial charge in [-0.15, -0.1) is 0 Å². The van der Waals surface area contributed by atoms with Crippen molar-refractivity contribution < 1.29 is 33.3 Å². The number of phenols is 1.